The Morgan fingerprint density at radius 2 is 2.07 bits per heavy atom. The molecular weight excluding hydrogens is 258 g/mol. The summed E-state index contributed by atoms with van der Waals surface area (Å²) in [6, 6.07) is 2.40. The molecule has 1 aromatic carbocycles. The zero-order chi connectivity index (χ0) is 10.1. The van der Waals surface area contributed by atoms with Crippen LogP contribution < -0.4 is 0 Å². The average molecular weight is 261 g/mol. The molecule has 2 aromatic rings. The highest BCUT2D eigenvalue weighted by Gasteiger charge is 2.17. The number of hydrogen-bond acceptors (Lipinski definition) is 3. The van der Waals surface area contributed by atoms with Gasteiger partial charge in [-0.15, -0.1) is 0 Å². The predicted octanol–water partition coefficient (Wildman–Crippen LogP) is 2.78. The Bertz CT molecular complexity index is 459. The number of benzene rings is 1. The Balaban J connectivity index is 2.69. The van der Waals surface area contributed by atoms with Crippen molar-refractivity contribution in [1.82, 2.24) is 10.1 Å². The van der Waals surface area contributed by atoms with Crippen LogP contribution in [0.5, 0.6) is 0 Å². The normalized spacial score (nSPS) is 10.5. The lowest BCUT2D eigenvalue weighted by Gasteiger charge is -2.00. The summed E-state index contributed by atoms with van der Waals surface area (Å²) in [6.45, 7) is 0. The van der Waals surface area contributed by atoms with Crippen molar-refractivity contribution in [3.63, 3.8) is 0 Å². The smallest absolute Gasteiger partial charge is 0.214 e. The molecule has 0 aliphatic heterocycles. The molecular formula is C8H3BrF2N2O. The van der Waals surface area contributed by atoms with E-state index in [0.29, 0.717) is 0 Å². The van der Waals surface area contributed by atoms with Gasteiger partial charge in [0, 0.05) is 0 Å². The maximum atomic E-state index is 13.4. The van der Waals surface area contributed by atoms with Crippen molar-refractivity contribution in [2.24, 2.45) is 0 Å². The molecule has 0 fully saturated rings. The first-order valence-electron chi connectivity index (χ1n) is 3.60. The lowest BCUT2D eigenvalue weighted by molar-refractivity contribution is 0.418. The first-order chi connectivity index (χ1) is 6.70. The monoisotopic (exact) mass is 260 g/mol. The zero-order valence-electron chi connectivity index (χ0n) is 6.67. The van der Waals surface area contributed by atoms with Gasteiger partial charge < -0.3 is 4.52 Å². The van der Waals surface area contributed by atoms with E-state index in [2.05, 4.69) is 30.6 Å². The Morgan fingerprint density at radius 1 is 1.29 bits per heavy atom. The Labute approximate surface area is 85.9 Å². The number of hydrogen-bond donors (Lipinski definition) is 0. The first kappa shape index (κ1) is 9.26. The summed E-state index contributed by atoms with van der Waals surface area (Å²) in [5.74, 6) is -1.58. The van der Waals surface area contributed by atoms with Crippen molar-refractivity contribution >= 4 is 15.9 Å². The van der Waals surface area contributed by atoms with Crippen molar-refractivity contribution < 1.29 is 13.3 Å². The summed E-state index contributed by atoms with van der Waals surface area (Å²) in [6.07, 6.45) is 1.01. The zero-order valence-corrected chi connectivity index (χ0v) is 8.25. The molecule has 1 aromatic heterocycles. The fourth-order valence-electron chi connectivity index (χ4n) is 1.01. The molecule has 0 radical (unpaired) electrons. The van der Waals surface area contributed by atoms with Crippen LogP contribution in [0.4, 0.5) is 8.78 Å². The minimum absolute atomic E-state index is 0.110. The third-order valence-corrected chi connectivity index (χ3v) is 2.24. The molecule has 0 unspecified atom stereocenters. The van der Waals surface area contributed by atoms with Crippen molar-refractivity contribution in [3.05, 3.63) is 34.6 Å². The van der Waals surface area contributed by atoms with Crippen molar-refractivity contribution in [2.75, 3.05) is 0 Å². The van der Waals surface area contributed by atoms with E-state index in [1.54, 1.807) is 0 Å². The van der Waals surface area contributed by atoms with Crippen LogP contribution in [-0.2, 0) is 0 Å². The maximum absolute atomic E-state index is 13.4. The Kier molecular flexibility index (Phi) is 2.28. The van der Waals surface area contributed by atoms with Crippen LogP contribution >= 0.6 is 15.9 Å². The van der Waals surface area contributed by atoms with E-state index in [0.717, 1.165) is 12.5 Å². The molecule has 0 saturated carbocycles. The third-order valence-electron chi connectivity index (χ3n) is 1.63. The van der Waals surface area contributed by atoms with Gasteiger partial charge >= 0.3 is 0 Å². The number of nitrogens with zero attached hydrogens (tertiary/aromatic N) is 2. The lowest BCUT2D eigenvalue weighted by atomic mass is 10.2. The van der Waals surface area contributed by atoms with Crippen molar-refractivity contribution in [3.8, 4) is 11.4 Å². The maximum Gasteiger partial charge on any atom is 0.214 e. The van der Waals surface area contributed by atoms with Gasteiger partial charge in [-0.05, 0) is 28.1 Å². The van der Waals surface area contributed by atoms with Crippen LogP contribution in [0.25, 0.3) is 11.4 Å². The molecule has 0 amide bonds. The van der Waals surface area contributed by atoms with Gasteiger partial charge in [0.1, 0.15) is 5.82 Å². The second-order valence-corrected chi connectivity index (χ2v) is 3.33. The van der Waals surface area contributed by atoms with Gasteiger partial charge in [-0.1, -0.05) is 5.16 Å². The van der Waals surface area contributed by atoms with Gasteiger partial charge in [0.05, 0.1) is 10.0 Å². The number of halogens is 3. The van der Waals surface area contributed by atoms with E-state index in [9.17, 15) is 8.78 Å². The minimum atomic E-state index is -0.744. The van der Waals surface area contributed by atoms with Gasteiger partial charge in [-0.25, -0.2) is 8.78 Å². The second-order valence-electron chi connectivity index (χ2n) is 2.47. The van der Waals surface area contributed by atoms with Gasteiger partial charge in [-0.3, -0.25) is 0 Å². The highest BCUT2D eigenvalue weighted by Crippen LogP contribution is 2.28. The average Bonchev–Trinajstić information content (AvgIpc) is 2.65. The van der Waals surface area contributed by atoms with Crippen LogP contribution in [0.2, 0.25) is 0 Å². The van der Waals surface area contributed by atoms with Crippen LogP contribution in [0.1, 0.15) is 0 Å². The van der Waals surface area contributed by atoms with Crippen molar-refractivity contribution in [1.29, 1.82) is 0 Å². The van der Waals surface area contributed by atoms with Crippen LogP contribution in [0.3, 0.4) is 0 Å². The molecule has 3 nitrogen and oxygen atoms in total. The lowest BCUT2D eigenvalue weighted by Crippen LogP contribution is -1.92. The van der Waals surface area contributed by atoms with E-state index in [4.69, 9.17) is 0 Å². The highest BCUT2D eigenvalue weighted by atomic mass is 79.9. The second kappa shape index (κ2) is 3.45. The van der Waals surface area contributed by atoms with E-state index in [-0.39, 0.29) is 15.9 Å². The van der Waals surface area contributed by atoms with Gasteiger partial charge in [0.15, 0.2) is 5.82 Å². The van der Waals surface area contributed by atoms with Gasteiger partial charge in [0.25, 0.3) is 0 Å². The summed E-state index contributed by atoms with van der Waals surface area (Å²) in [5, 5.41) is 3.36. The largest absolute Gasteiger partial charge is 0.342 e. The molecule has 6 heteroatoms. The fourth-order valence-corrected chi connectivity index (χ4v) is 1.34. The molecule has 14 heavy (non-hydrogen) atoms. The van der Waals surface area contributed by atoms with Gasteiger partial charge in [-0.2, -0.15) is 4.98 Å². The summed E-state index contributed by atoms with van der Waals surface area (Å²) in [5.41, 5.74) is -0.298. The standard InChI is InChI=1S/C8H3BrF2N2O/c9-4-1-2-5(10)6(7(4)11)8-12-3-14-13-8/h1-3H. The van der Waals surface area contributed by atoms with Crippen LogP contribution in [0, 0.1) is 11.6 Å². The Hall–Kier alpha value is -1.30. The van der Waals surface area contributed by atoms with Crippen molar-refractivity contribution in [2.45, 2.75) is 0 Å². The van der Waals surface area contributed by atoms with Crippen LogP contribution in [-0.4, -0.2) is 10.1 Å². The fraction of sp³-hybridized carbons (Fsp3) is 0. The summed E-state index contributed by atoms with van der Waals surface area (Å²) in [4.78, 5) is 3.57. The first-order valence-corrected chi connectivity index (χ1v) is 4.39. The summed E-state index contributed by atoms with van der Waals surface area (Å²) in [7, 11) is 0. The molecule has 0 aliphatic carbocycles. The van der Waals surface area contributed by atoms with E-state index < -0.39 is 11.6 Å². The molecule has 0 atom stereocenters. The molecule has 2 rings (SSSR count). The SMILES string of the molecule is Fc1ccc(Br)c(F)c1-c1ncon1. The third kappa shape index (κ3) is 1.41. The van der Waals surface area contributed by atoms with E-state index >= 15 is 0 Å². The Morgan fingerprint density at radius 3 is 2.71 bits per heavy atom. The van der Waals surface area contributed by atoms with E-state index in [1.807, 2.05) is 0 Å². The molecule has 0 aliphatic rings. The molecule has 0 bridgehead atoms. The summed E-state index contributed by atoms with van der Waals surface area (Å²) >= 11 is 2.94. The number of rotatable bonds is 1. The molecule has 0 N–H and O–H groups in total. The van der Waals surface area contributed by atoms with Crippen LogP contribution in [0.15, 0.2) is 27.5 Å². The van der Waals surface area contributed by atoms with E-state index in [1.165, 1.54) is 6.07 Å². The number of aromatic nitrogens is 2. The molecule has 1 heterocycles. The van der Waals surface area contributed by atoms with Gasteiger partial charge in [0.2, 0.25) is 12.2 Å². The topological polar surface area (TPSA) is 38.9 Å². The molecule has 72 valence electrons. The molecule has 0 spiro atoms. The molecule has 0 saturated heterocycles. The quantitative estimate of drug-likeness (QED) is 0.741. The minimum Gasteiger partial charge on any atom is -0.342 e. The predicted molar refractivity (Wildman–Crippen MR) is 47.4 cm³/mol. The highest BCUT2D eigenvalue weighted by molar-refractivity contribution is 9.10. The summed E-state index contributed by atoms with van der Waals surface area (Å²) < 4.78 is 31.2.